The smallest absolute Gasteiger partial charge is 0.271 e. The monoisotopic (exact) mass is 265 g/mol. The fraction of sp³-hybridized carbons (Fsp3) is 0.583. The third-order valence-corrected chi connectivity index (χ3v) is 3.45. The molecule has 0 spiro atoms. The third kappa shape index (κ3) is 3.62. The van der Waals surface area contributed by atoms with Crippen LogP contribution >= 0.6 is 0 Å². The van der Waals surface area contributed by atoms with E-state index in [0.29, 0.717) is 18.1 Å². The zero-order valence-corrected chi connectivity index (χ0v) is 11.0. The van der Waals surface area contributed by atoms with Gasteiger partial charge in [-0.1, -0.05) is 0 Å². The second-order valence-electron chi connectivity index (χ2n) is 4.86. The second kappa shape index (κ2) is 5.94. The summed E-state index contributed by atoms with van der Waals surface area (Å²) in [5.41, 5.74) is 2.88. The predicted octanol–water partition coefficient (Wildman–Crippen LogP) is 0.309. The Morgan fingerprint density at radius 2 is 2.26 bits per heavy atom. The number of ether oxygens (including phenoxy) is 1. The van der Waals surface area contributed by atoms with Crippen molar-refractivity contribution in [3.63, 3.8) is 0 Å². The first kappa shape index (κ1) is 13.7. The van der Waals surface area contributed by atoms with Crippen molar-refractivity contribution < 1.29 is 9.53 Å². The maximum Gasteiger partial charge on any atom is 0.271 e. The van der Waals surface area contributed by atoms with E-state index in [1.54, 1.807) is 7.11 Å². The number of methoxy groups -OCH3 is 1. The molecule has 2 rings (SSSR count). The van der Waals surface area contributed by atoms with E-state index in [4.69, 9.17) is 10.6 Å². The summed E-state index contributed by atoms with van der Waals surface area (Å²) in [7, 11) is 1.69. The Morgan fingerprint density at radius 1 is 1.47 bits per heavy atom. The minimum Gasteiger partial charge on any atom is -0.385 e. The topological polar surface area (TPSA) is 102 Å². The lowest BCUT2D eigenvalue weighted by molar-refractivity contribution is 0.0932. The van der Waals surface area contributed by atoms with Crippen LogP contribution in [0.15, 0.2) is 12.4 Å². The molecule has 0 atom stereocenters. The summed E-state index contributed by atoms with van der Waals surface area (Å²) in [5, 5.41) is 2.90. The van der Waals surface area contributed by atoms with Crippen molar-refractivity contribution in [2.75, 3.05) is 25.7 Å². The number of nitrogens with zero attached hydrogens (tertiary/aromatic N) is 2. The molecule has 0 saturated heterocycles. The van der Waals surface area contributed by atoms with Gasteiger partial charge in [-0.3, -0.25) is 4.79 Å². The number of amides is 1. The van der Waals surface area contributed by atoms with Gasteiger partial charge in [-0.05, 0) is 24.7 Å². The van der Waals surface area contributed by atoms with Crippen molar-refractivity contribution in [3.05, 3.63) is 18.1 Å². The predicted molar refractivity (Wildman–Crippen MR) is 70.3 cm³/mol. The molecule has 7 nitrogen and oxygen atoms in total. The number of nitrogens with two attached hydrogens (primary N) is 1. The molecule has 104 valence electrons. The summed E-state index contributed by atoms with van der Waals surface area (Å²) in [6, 6.07) is 0. The van der Waals surface area contributed by atoms with Crippen LogP contribution in [0.4, 0.5) is 5.82 Å². The van der Waals surface area contributed by atoms with Crippen molar-refractivity contribution in [2.45, 2.75) is 19.3 Å². The first-order valence-electron chi connectivity index (χ1n) is 6.25. The van der Waals surface area contributed by atoms with Crippen LogP contribution in [0.25, 0.3) is 0 Å². The quantitative estimate of drug-likeness (QED) is 0.484. The number of hydrazine groups is 1. The van der Waals surface area contributed by atoms with Crippen molar-refractivity contribution in [3.8, 4) is 0 Å². The zero-order chi connectivity index (χ0) is 13.7. The highest BCUT2D eigenvalue weighted by atomic mass is 16.5. The van der Waals surface area contributed by atoms with Crippen LogP contribution in [0.3, 0.4) is 0 Å². The normalized spacial score (nSPS) is 15.9. The van der Waals surface area contributed by atoms with E-state index in [1.165, 1.54) is 12.4 Å². The van der Waals surface area contributed by atoms with E-state index >= 15 is 0 Å². The Morgan fingerprint density at radius 3 is 2.79 bits per heavy atom. The molecule has 1 amide bonds. The molecule has 1 aliphatic rings. The number of hydrogen-bond acceptors (Lipinski definition) is 6. The average Bonchev–Trinajstić information content (AvgIpc) is 3.23. The second-order valence-corrected chi connectivity index (χ2v) is 4.86. The van der Waals surface area contributed by atoms with Gasteiger partial charge in [0.15, 0.2) is 5.82 Å². The molecule has 0 aliphatic heterocycles. The summed E-state index contributed by atoms with van der Waals surface area (Å²) in [4.78, 5) is 19.8. The van der Waals surface area contributed by atoms with E-state index in [9.17, 15) is 4.79 Å². The molecule has 4 N–H and O–H groups in total. The SMILES string of the molecule is COCCC1(CNC(=O)c2cnc(NN)cn2)CC1. The Bertz CT molecular complexity index is 430. The third-order valence-electron chi connectivity index (χ3n) is 3.45. The number of anilines is 1. The summed E-state index contributed by atoms with van der Waals surface area (Å²) < 4.78 is 5.08. The summed E-state index contributed by atoms with van der Waals surface area (Å²) in [6.07, 6.45) is 6.08. The van der Waals surface area contributed by atoms with Gasteiger partial charge in [-0.25, -0.2) is 15.8 Å². The molecular formula is C12H19N5O2. The van der Waals surface area contributed by atoms with Crippen molar-refractivity contribution in [1.82, 2.24) is 15.3 Å². The average molecular weight is 265 g/mol. The minimum atomic E-state index is -0.209. The van der Waals surface area contributed by atoms with Crippen LogP contribution in [0.5, 0.6) is 0 Å². The van der Waals surface area contributed by atoms with Crippen LogP contribution < -0.4 is 16.6 Å². The van der Waals surface area contributed by atoms with Crippen LogP contribution in [0, 0.1) is 5.41 Å². The van der Waals surface area contributed by atoms with Crippen molar-refractivity contribution >= 4 is 11.7 Å². The number of rotatable bonds is 7. The fourth-order valence-corrected chi connectivity index (χ4v) is 1.89. The Kier molecular flexibility index (Phi) is 4.28. The van der Waals surface area contributed by atoms with Gasteiger partial charge in [0.2, 0.25) is 0 Å². The number of hydrogen-bond donors (Lipinski definition) is 3. The molecule has 0 unspecified atom stereocenters. The number of carbonyl (C=O) groups excluding carboxylic acids is 1. The van der Waals surface area contributed by atoms with Crippen LogP contribution in [0.1, 0.15) is 29.8 Å². The molecule has 1 aliphatic carbocycles. The van der Waals surface area contributed by atoms with Gasteiger partial charge >= 0.3 is 0 Å². The van der Waals surface area contributed by atoms with E-state index in [2.05, 4.69) is 20.7 Å². The Labute approximate surface area is 111 Å². The molecule has 0 radical (unpaired) electrons. The van der Waals surface area contributed by atoms with E-state index in [-0.39, 0.29) is 11.3 Å². The van der Waals surface area contributed by atoms with Crippen LogP contribution in [0.2, 0.25) is 0 Å². The highest BCUT2D eigenvalue weighted by Crippen LogP contribution is 2.48. The Hall–Kier alpha value is -1.73. The largest absolute Gasteiger partial charge is 0.385 e. The molecule has 7 heteroatoms. The summed E-state index contributed by atoms with van der Waals surface area (Å²) >= 11 is 0. The van der Waals surface area contributed by atoms with E-state index in [0.717, 1.165) is 25.9 Å². The van der Waals surface area contributed by atoms with E-state index < -0.39 is 0 Å². The van der Waals surface area contributed by atoms with Gasteiger partial charge in [0.1, 0.15) is 5.69 Å². The highest BCUT2D eigenvalue weighted by molar-refractivity contribution is 5.92. The van der Waals surface area contributed by atoms with Gasteiger partial charge in [0.05, 0.1) is 12.4 Å². The molecule has 0 bridgehead atoms. The van der Waals surface area contributed by atoms with Crippen molar-refractivity contribution in [2.24, 2.45) is 11.3 Å². The van der Waals surface area contributed by atoms with Gasteiger partial charge < -0.3 is 15.5 Å². The fourth-order valence-electron chi connectivity index (χ4n) is 1.89. The molecule has 0 aromatic carbocycles. The molecule has 1 aromatic rings. The molecule has 19 heavy (non-hydrogen) atoms. The van der Waals surface area contributed by atoms with Gasteiger partial charge in [-0.2, -0.15) is 0 Å². The van der Waals surface area contributed by atoms with Gasteiger partial charge in [-0.15, -0.1) is 0 Å². The maximum absolute atomic E-state index is 11.9. The van der Waals surface area contributed by atoms with Crippen molar-refractivity contribution in [1.29, 1.82) is 0 Å². The molecule has 1 heterocycles. The lowest BCUT2D eigenvalue weighted by atomic mass is 10.0. The number of nitrogen functional groups attached to an aromatic ring is 1. The first-order valence-corrected chi connectivity index (χ1v) is 6.25. The molecule has 1 aromatic heterocycles. The van der Waals surface area contributed by atoms with Gasteiger partial charge in [0, 0.05) is 20.3 Å². The molecule has 1 fully saturated rings. The lowest BCUT2D eigenvalue weighted by Crippen LogP contribution is -2.31. The summed E-state index contributed by atoms with van der Waals surface area (Å²) in [6.45, 7) is 1.39. The standard InChI is InChI=1S/C12H19N5O2/c1-19-5-4-12(2-3-12)8-16-11(18)9-6-15-10(17-13)7-14-9/h6-7H,2-5,8,13H2,1H3,(H,15,17)(H,16,18). The summed E-state index contributed by atoms with van der Waals surface area (Å²) in [5.74, 6) is 5.40. The zero-order valence-electron chi connectivity index (χ0n) is 11.0. The van der Waals surface area contributed by atoms with Crippen LogP contribution in [-0.4, -0.2) is 36.1 Å². The molecule has 1 saturated carbocycles. The Balaban J connectivity index is 1.83. The van der Waals surface area contributed by atoms with E-state index in [1.807, 2.05) is 0 Å². The first-order chi connectivity index (χ1) is 9.19. The highest BCUT2D eigenvalue weighted by Gasteiger charge is 2.42. The molecular weight excluding hydrogens is 246 g/mol. The van der Waals surface area contributed by atoms with Gasteiger partial charge in [0.25, 0.3) is 5.91 Å². The number of nitrogens with one attached hydrogen (secondary N) is 2. The number of carbonyl (C=O) groups is 1. The minimum absolute atomic E-state index is 0.209. The lowest BCUT2D eigenvalue weighted by Gasteiger charge is -2.15. The van der Waals surface area contributed by atoms with Crippen LogP contribution in [-0.2, 0) is 4.74 Å². The maximum atomic E-state index is 11.9. The number of aromatic nitrogens is 2.